The zero-order valence-corrected chi connectivity index (χ0v) is 8.66. The van der Waals surface area contributed by atoms with Crippen LogP contribution in [0.25, 0.3) is 6.08 Å². The highest BCUT2D eigenvalue weighted by Gasteiger charge is 2.14. The molecule has 74 valence electrons. The molecule has 0 atom stereocenters. The Kier molecular flexibility index (Phi) is 3.10. The minimum Gasteiger partial charge on any atom is -0.495 e. The quantitative estimate of drug-likeness (QED) is 0.733. The Bertz CT molecular complexity index is 490. The van der Waals surface area contributed by atoms with Crippen LogP contribution in [-0.4, -0.2) is 7.11 Å². The van der Waals surface area contributed by atoms with E-state index in [0.717, 1.165) is 11.1 Å². The molecular formula is C12H10N2O. The maximum atomic E-state index is 8.99. The molecule has 1 rings (SSSR count). The highest BCUT2D eigenvalue weighted by atomic mass is 16.5. The van der Waals surface area contributed by atoms with Crippen LogP contribution in [0.4, 0.5) is 0 Å². The number of nitriles is 2. The van der Waals surface area contributed by atoms with Gasteiger partial charge in [-0.15, -0.1) is 0 Å². The van der Waals surface area contributed by atoms with Crippen LogP contribution in [-0.2, 0) is 0 Å². The van der Waals surface area contributed by atoms with Crippen molar-refractivity contribution < 1.29 is 4.74 Å². The van der Waals surface area contributed by atoms with E-state index in [2.05, 4.69) is 6.58 Å². The number of hydrogen-bond acceptors (Lipinski definition) is 3. The molecule has 0 N–H and O–H groups in total. The van der Waals surface area contributed by atoms with Crippen molar-refractivity contribution in [3.8, 4) is 17.9 Å². The van der Waals surface area contributed by atoms with Crippen LogP contribution < -0.4 is 4.74 Å². The minimum atomic E-state index is 0.273. The third-order valence-corrected chi connectivity index (χ3v) is 2.15. The lowest BCUT2D eigenvalue weighted by molar-refractivity contribution is 0.412. The van der Waals surface area contributed by atoms with Gasteiger partial charge in [-0.2, -0.15) is 10.5 Å². The Morgan fingerprint density at radius 2 is 1.93 bits per heavy atom. The SMILES string of the molecule is C=Cc1cc(C)c(C#N)c(C#N)c1OC. The summed E-state index contributed by atoms with van der Waals surface area (Å²) in [6.45, 7) is 5.42. The molecular weight excluding hydrogens is 188 g/mol. The number of hydrogen-bond donors (Lipinski definition) is 0. The van der Waals surface area contributed by atoms with E-state index >= 15 is 0 Å². The molecule has 0 fully saturated rings. The fourth-order valence-corrected chi connectivity index (χ4v) is 1.45. The standard InChI is InChI=1S/C12H10N2O/c1-4-9-5-8(2)10(6-13)11(7-14)12(9)15-3/h4-5H,1H2,2-3H3. The molecule has 0 saturated heterocycles. The van der Waals surface area contributed by atoms with E-state index in [1.807, 2.05) is 12.1 Å². The van der Waals surface area contributed by atoms with Gasteiger partial charge in [-0.3, -0.25) is 0 Å². The summed E-state index contributed by atoms with van der Waals surface area (Å²) >= 11 is 0. The second kappa shape index (κ2) is 4.30. The van der Waals surface area contributed by atoms with Crippen LogP contribution >= 0.6 is 0 Å². The van der Waals surface area contributed by atoms with Gasteiger partial charge in [-0.05, 0) is 18.6 Å². The van der Waals surface area contributed by atoms with E-state index < -0.39 is 0 Å². The van der Waals surface area contributed by atoms with Crippen molar-refractivity contribution in [1.29, 1.82) is 10.5 Å². The average molecular weight is 198 g/mol. The van der Waals surface area contributed by atoms with Crippen LogP contribution in [0.1, 0.15) is 22.3 Å². The summed E-state index contributed by atoms with van der Waals surface area (Å²) < 4.78 is 5.11. The summed E-state index contributed by atoms with van der Waals surface area (Å²) in [5, 5.41) is 17.9. The maximum Gasteiger partial charge on any atom is 0.145 e. The van der Waals surface area contributed by atoms with E-state index in [4.69, 9.17) is 15.3 Å². The van der Waals surface area contributed by atoms with Gasteiger partial charge in [0.15, 0.2) is 0 Å². The molecule has 0 radical (unpaired) electrons. The summed E-state index contributed by atoms with van der Waals surface area (Å²) in [5.41, 5.74) is 2.12. The number of ether oxygens (including phenoxy) is 1. The normalized spacial score (nSPS) is 8.80. The van der Waals surface area contributed by atoms with Crippen molar-refractivity contribution in [1.82, 2.24) is 0 Å². The summed E-state index contributed by atoms with van der Waals surface area (Å²) in [4.78, 5) is 0. The van der Waals surface area contributed by atoms with Gasteiger partial charge in [0.25, 0.3) is 0 Å². The number of nitrogens with zero attached hydrogens (tertiary/aromatic N) is 2. The van der Waals surface area contributed by atoms with E-state index in [-0.39, 0.29) is 5.56 Å². The largest absolute Gasteiger partial charge is 0.495 e. The van der Waals surface area contributed by atoms with Crippen molar-refractivity contribution in [2.45, 2.75) is 6.92 Å². The van der Waals surface area contributed by atoms with Crippen LogP contribution in [0.2, 0.25) is 0 Å². The molecule has 0 heterocycles. The Morgan fingerprint density at radius 1 is 1.33 bits per heavy atom. The van der Waals surface area contributed by atoms with Crippen molar-refractivity contribution in [3.63, 3.8) is 0 Å². The first-order valence-electron chi connectivity index (χ1n) is 4.33. The molecule has 0 bridgehead atoms. The first-order chi connectivity index (χ1) is 7.19. The highest BCUT2D eigenvalue weighted by molar-refractivity contribution is 5.68. The van der Waals surface area contributed by atoms with Crippen LogP contribution in [0, 0.1) is 29.6 Å². The highest BCUT2D eigenvalue weighted by Crippen LogP contribution is 2.29. The molecule has 0 aromatic heterocycles. The van der Waals surface area contributed by atoms with E-state index in [1.54, 1.807) is 19.1 Å². The molecule has 0 aliphatic rings. The third kappa shape index (κ3) is 1.68. The second-order valence-electron chi connectivity index (χ2n) is 2.99. The molecule has 0 unspecified atom stereocenters. The minimum absolute atomic E-state index is 0.273. The Hall–Kier alpha value is -2.26. The second-order valence-corrected chi connectivity index (χ2v) is 2.99. The van der Waals surface area contributed by atoms with E-state index in [0.29, 0.717) is 11.3 Å². The van der Waals surface area contributed by atoms with Gasteiger partial charge in [0.05, 0.1) is 12.7 Å². The van der Waals surface area contributed by atoms with E-state index in [9.17, 15) is 0 Å². The number of methoxy groups -OCH3 is 1. The van der Waals surface area contributed by atoms with Gasteiger partial charge < -0.3 is 4.74 Å². The van der Waals surface area contributed by atoms with Crippen LogP contribution in [0.5, 0.6) is 5.75 Å². The first-order valence-corrected chi connectivity index (χ1v) is 4.33. The molecule has 0 saturated carbocycles. The van der Waals surface area contributed by atoms with E-state index in [1.165, 1.54) is 7.11 Å². The Balaban J connectivity index is 3.71. The predicted molar refractivity (Wildman–Crippen MR) is 57.3 cm³/mol. The molecule has 1 aromatic carbocycles. The monoisotopic (exact) mass is 198 g/mol. The lowest BCUT2D eigenvalue weighted by atomic mass is 9.98. The molecule has 0 amide bonds. The van der Waals surface area contributed by atoms with Crippen molar-refractivity contribution >= 4 is 6.08 Å². The van der Waals surface area contributed by atoms with Crippen molar-refractivity contribution in [3.05, 3.63) is 34.9 Å². The van der Waals surface area contributed by atoms with Gasteiger partial charge in [0.2, 0.25) is 0 Å². The molecule has 0 aliphatic heterocycles. The maximum absolute atomic E-state index is 8.99. The number of aryl methyl sites for hydroxylation is 1. The fraction of sp³-hybridized carbons (Fsp3) is 0.167. The summed E-state index contributed by atoms with van der Waals surface area (Å²) in [7, 11) is 1.47. The molecule has 3 heteroatoms. The molecule has 1 aromatic rings. The lowest BCUT2D eigenvalue weighted by Crippen LogP contribution is -1.97. The first kappa shape index (κ1) is 10.8. The smallest absolute Gasteiger partial charge is 0.145 e. The van der Waals surface area contributed by atoms with Gasteiger partial charge in [-0.1, -0.05) is 12.7 Å². The zero-order chi connectivity index (χ0) is 11.4. The van der Waals surface area contributed by atoms with Gasteiger partial charge in [-0.25, -0.2) is 0 Å². The molecule has 0 spiro atoms. The molecule has 0 aliphatic carbocycles. The van der Waals surface area contributed by atoms with Crippen molar-refractivity contribution in [2.24, 2.45) is 0 Å². The number of rotatable bonds is 2. The lowest BCUT2D eigenvalue weighted by Gasteiger charge is -2.10. The third-order valence-electron chi connectivity index (χ3n) is 2.15. The van der Waals surface area contributed by atoms with Gasteiger partial charge in [0, 0.05) is 5.56 Å². The predicted octanol–water partition coefficient (Wildman–Crippen LogP) is 2.39. The van der Waals surface area contributed by atoms with Crippen LogP contribution in [0.3, 0.4) is 0 Å². The molecule has 3 nitrogen and oxygen atoms in total. The van der Waals surface area contributed by atoms with Crippen LogP contribution in [0.15, 0.2) is 12.6 Å². The molecule has 15 heavy (non-hydrogen) atoms. The van der Waals surface area contributed by atoms with Gasteiger partial charge in [0.1, 0.15) is 23.5 Å². The van der Waals surface area contributed by atoms with Crippen molar-refractivity contribution in [2.75, 3.05) is 7.11 Å². The summed E-state index contributed by atoms with van der Waals surface area (Å²) in [6, 6.07) is 5.77. The topological polar surface area (TPSA) is 56.8 Å². The Morgan fingerprint density at radius 3 is 2.33 bits per heavy atom. The fourth-order valence-electron chi connectivity index (χ4n) is 1.45. The summed E-state index contributed by atoms with van der Waals surface area (Å²) in [6.07, 6.45) is 1.60. The zero-order valence-electron chi connectivity index (χ0n) is 8.66. The number of benzene rings is 1. The average Bonchev–Trinajstić information content (AvgIpc) is 2.27. The van der Waals surface area contributed by atoms with Gasteiger partial charge >= 0.3 is 0 Å². The summed E-state index contributed by atoms with van der Waals surface area (Å²) in [5.74, 6) is 0.412. The Labute approximate surface area is 88.8 Å².